The van der Waals surface area contributed by atoms with Crippen molar-refractivity contribution in [2.75, 3.05) is 25.0 Å². The molecule has 0 aromatic carbocycles. The Morgan fingerprint density at radius 1 is 1.21 bits per heavy atom. The van der Waals surface area contributed by atoms with Gasteiger partial charge in [0.25, 0.3) is 5.91 Å². The van der Waals surface area contributed by atoms with Crippen LogP contribution < -0.4 is 10.1 Å². The van der Waals surface area contributed by atoms with Crippen LogP contribution in [0.2, 0.25) is 0 Å². The Morgan fingerprint density at radius 2 is 2.00 bits per heavy atom. The van der Waals surface area contributed by atoms with Gasteiger partial charge in [0, 0.05) is 31.0 Å². The number of fused-ring (bicyclic) bond motifs is 1. The molecule has 1 aliphatic carbocycles. The van der Waals surface area contributed by atoms with Crippen molar-refractivity contribution in [3.63, 3.8) is 0 Å². The number of pyridine rings is 2. The van der Waals surface area contributed by atoms with E-state index >= 15 is 0 Å². The highest BCUT2D eigenvalue weighted by atomic mass is 35.5. The van der Waals surface area contributed by atoms with E-state index in [1.807, 2.05) is 24.8 Å². The molecule has 1 N–H and O–H groups in total. The van der Waals surface area contributed by atoms with Gasteiger partial charge >= 0.3 is 6.18 Å². The van der Waals surface area contributed by atoms with Gasteiger partial charge in [-0.1, -0.05) is 6.92 Å². The molecule has 3 heterocycles. The van der Waals surface area contributed by atoms with E-state index < -0.39 is 11.7 Å². The zero-order valence-electron chi connectivity index (χ0n) is 18.6. The SMILES string of the molecule is CCCOc1ccc(C)nc1C(=O)N1C[C@H]2C[C@H]2C[C@H]1CNc1ccc(C(F)(F)F)cn1.Cl. The number of hydrogen-bond donors (Lipinski definition) is 1. The lowest BCUT2D eigenvalue weighted by Gasteiger charge is -2.35. The molecule has 0 bridgehead atoms. The summed E-state index contributed by atoms with van der Waals surface area (Å²) in [6.07, 6.45) is -0.837. The number of hydrogen-bond acceptors (Lipinski definition) is 5. The fourth-order valence-electron chi connectivity index (χ4n) is 4.19. The van der Waals surface area contributed by atoms with Crippen molar-refractivity contribution in [3.8, 4) is 5.75 Å². The van der Waals surface area contributed by atoms with Gasteiger partial charge < -0.3 is 15.0 Å². The van der Waals surface area contributed by atoms with Crippen LogP contribution in [0.3, 0.4) is 0 Å². The molecular formula is C23H28ClF3N4O2. The van der Waals surface area contributed by atoms with E-state index in [1.165, 1.54) is 6.07 Å². The van der Waals surface area contributed by atoms with Gasteiger partial charge in [-0.05, 0) is 62.3 Å². The lowest BCUT2D eigenvalue weighted by molar-refractivity contribution is -0.137. The van der Waals surface area contributed by atoms with Crippen LogP contribution in [0, 0.1) is 18.8 Å². The third-order valence-electron chi connectivity index (χ3n) is 6.05. The molecule has 1 saturated heterocycles. The lowest BCUT2D eigenvalue weighted by Crippen LogP contribution is -2.48. The molecule has 180 valence electrons. The number of halogens is 4. The quantitative estimate of drug-likeness (QED) is 0.600. The number of rotatable bonds is 7. The van der Waals surface area contributed by atoms with Gasteiger partial charge in [0.1, 0.15) is 5.82 Å². The van der Waals surface area contributed by atoms with E-state index in [4.69, 9.17) is 4.74 Å². The van der Waals surface area contributed by atoms with Crippen molar-refractivity contribution in [1.82, 2.24) is 14.9 Å². The summed E-state index contributed by atoms with van der Waals surface area (Å²) in [5.74, 6) is 1.76. The Bertz CT molecular complexity index is 971. The molecule has 4 rings (SSSR count). The zero-order chi connectivity index (χ0) is 22.9. The Morgan fingerprint density at radius 3 is 2.67 bits per heavy atom. The molecule has 1 aliphatic heterocycles. The van der Waals surface area contributed by atoms with E-state index in [2.05, 4.69) is 15.3 Å². The molecule has 2 fully saturated rings. The van der Waals surface area contributed by atoms with Gasteiger partial charge in [-0.3, -0.25) is 4.79 Å². The second kappa shape index (κ2) is 10.2. The minimum absolute atomic E-state index is 0. The van der Waals surface area contributed by atoms with Gasteiger partial charge in [-0.2, -0.15) is 13.2 Å². The Hall–Kier alpha value is -2.55. The largest absolute Gasteiger partial charge is 0.491 e. The van der Waals surface area contributed by atoms with E-state index in [0.717, 1.165) is 37.2 Å². The van der Waals surface area contributed by atoms with E-state index in [0.29, 0.717) is 48.8 Å². The molecule has 10 heteroatoms. The molecule has 2 aromatic rings. The number of ether oxygens (including phenoxy) is 1. The minimum atomic E-state index is -4.42. The topological polar surface area (TPSA) is 67.3 Å². The van der Waals surface area contributed by atoms with Gasteiger partial charge in [-0.15, -0.1) is 12.4 Å². The molecule has 0 radical (unpaired) electrons. The van der Waals surface area contributed by atoms with Crippen LogP contribution in [0.4, 0.5) is 19.0 Å². The molecule has 3 atom stereocenters. The van der Waals surface area contributed by atoms with Crippen LogP contribution in [0.5, 0.6) is 5.75 Å². The van der Waals surface area contributed by atoms with E-state index in [9.17, 15) is 18.0 Å². The summed E-state index contributed by atoms with van der Waals surface area (Å²) >= 11 is 0. The molecule has 1 saturated carbocycles. The maximum absolute atomic E-state index is 13.5. The number of aromatic nitrogens is 2. The van der Waals surface area contributed by atoms with Crippen LogP contribution in [0.25, 0.3) is 0 Å². The fraction of sp³-hybridized carbons (Fsp3) is 0.522. The number of likely N-dealkylation sites (tertiary alicyclic amines) is 1. The molecule has 0 spiro atoms. The monoisotopic (exact) mass is 484 g/mol. The van der Waals surface area contributed by atoms with Crippen molar-refractivity contribution < 1.29 is 22.7 Å². The van der Waals surface area contributed by atoms with Gasteiger partial charge in [0.05, 0.1) is 12.2 Å². The van der Waals surface area contributed by atoms with Crippen LogP contribution in [-0.2, 0) is 6.18 Å². The summed E-state index contributed by atoms with van der Waals surface area (Å²) in [4.78, 5) is 23.7. The van der Waals surface area contributed by atoms with Crippen LogP contribution in [0.15, 0.2) is 30.5 Å². The van der Waals surface area contributed by atoms with Crippen LogP contribution >= 0.6 is 12.4 Å². The minimum Gasteiger partial charge on any atom is -0.491 e. The number of amides is 1. The predicted molar refractivity (Wildman–Crippen MR) is 121 cm³/mol. The highest BCUT2D eigenvalue weighted by molar-refractivity contribution is 5.95. The first-order valence-corrected chi connectivity index (χ1v) is 10.9. The van der Waals surface area contributed by atoms with Crippen LogP contribution in [0.1, 0.15) is 47.9 Å². The number of nitrogens with zero attached hydrogens (tertiary/aromatic N) is 3. The standard InChI is InChI=1S/C23H27F3N4O2.ClH/c1-3-8-32-19-6-4-14(2)29-21(19)22(31)30-13-16-9-15(16)10-18(30)12-28-20-7-5-17(11-27-20)23(24,25)26;/h4-7,11,15-16,18H,3,8-10,12-13H2,1-2H3,(H,27,28);1H/t15-,16+,18-;/m0./s1. The number of carbonyl (C=O) groups excluding carboxylic acids is 1. The number of aryl methyl sites for hydroxylation is 1. The summed E-state index contributed by atoms with van der Waals surface area (Å²) < 4.78 is 44.1. The smallest absolute Gasteiger partial charge is 0.417 e. The predicted octanol–water partition coefficient (Wildman–Crippen LogP) is 4.98. The highest BCUT2D eigenvalue weighted by Crippen LogP contribution is 2.47. The maximum atomic E-state index is 13.5. The number of carbonyl (C=O) groups is 1. The van der Waals surface area contributed by atoms with Crippen molar-refractivity contribution in [3.05, 3.63) is 47.4 Å². The average molecular weight is 485 g/mol. The first-order valence-electron chi connectivity index (χ1n) is 10.9. The van der Waals surface area contributed by atoms with Crippen LogP contribution in [-0.4, -0.2) is 46.5 Å². The third-order valence-corrected chi connectivity index (χ3v) is 6.05. The van der Waals surface area contributed by atoms with Gasteiger partial charge in [0.15, 0.2) is 11.4 Å². The van der Waals surface area contributed by atoms with Gasteiger partial charge in [0.2, 0.25) is 0 Å². The summed E-state index contributed by atoms with van der Waals surface area (Å²) in [5.41, 5.74) is 0.265. The number of alkyl halides is 3. The fourth-order valence-corrected chi connectivity index (χ4v) is 4.19. The van der Waals surface area contributed by atoms with Crippen molar-refractivity contribution in [2.45, 2.75) is 45.3 Å². The van der Waals surface area contributed by atoms with Crippen molar-refractivity contribution in [1.29, 1.82) is 0 Å². The maximum Gasteiger partial charge on any atom is 0.417 e. The first-order chi connectivity index (χ1) is 15.3. The third kappa shape index (κ3) is 5.88. The Labute approximate surface area is 197 Å². The molecule has 2 aliphatic rings. The lowest BCUT2D eigenvalue weighted by atomic mass is 10.0. The average Bonchev–Trinajstić information content (AvgIpc) is 3.53. The Kier molecular flexibility index (Phi) is 7.72. The summed E-state index contributed by atoms with van der Waals surface area (Å²) in [6.45, 7) is 5.39. The summed E-state index contributed by atoms with van der Waals surface area (Å²) in [6, 6.07) is 5.83. The first kappa shape index (κ1) is 25.1. The Balaban J connectivity index is 0.00000306. The second-order valence-corrected chi connectivity index (χ2v) is 8.56. The molecule has 6 nitrogen and oxygen atoms in total. The van der Waals surface area contributed by atoms with Crippen molar-refractivity contribution in [2.24, 2.45) is 11.8 Å². The van der Waals surface area contributed by atoms with Gasteiger partial charge in [-0.25, -0.2) is 9.97 Å². The molecule has 0 unspecified atom stereocenters. The van der Waals surface area contributed by atoms with Crippen molar-refractivity contribution >= 4 is 24.1 Å². The van der Waals surface area contributed by atoms with E-state index in [1.54, 1.807) is 6.07 Å². The molecule has 1 amide bonds. The number of nitrogens with one attached hydrogen (secondary N) is 1. The molecule has 33 heavy (non-hydrogen) atoms. The molecular weight excluding hydrogens is 457 g/mol. The summed E-state index contributed by atoms with van der Waals surface area (Å²) in [7, 11) is 0. The number of piperidine rings is 1. The zero-order valence-corrected chi connectivity index (χ0v) is 19.4. The highest BCUT2D eigenvalue weighted by Gasteiger charge is 2.47. The number of anilines is 1. The normalized spacial score (nSPS) is 21.6. The molecule has 2 aromatic heterocycles. The van der Waals surface area contributed by atoms with E-state index in [-0.39, 0.29) is 24.4 Å². The second-order valence-electron chi connectivity index (χ2n) is 8.56. The summed E-state index contributed by atoms with van der Waals surface area (Å²) in [5, 5.41) is 3.10.